The van der Waals surface area contributed by atoms with Crippen molar-refractivity contribution in [2.45, 2.75) is 58.7 Å². The lowest BCUT2D eigenvalue weighted by molar-refractivity contribution is -0.140. The molecule has 9 heteroatoms. The van der Waals surface area contributed by atoms with Crippen LogP contribution in [0.4, 0.5) is 10.5 Å². The van der Waals surface area contributed by atoms with Crippen molar-refractivity contribution >= 4 is 34.4 Å². The van der Waals surface area contributed by atoms with Crippen molar-refractivity contribution in [2.24, 2.45) is 0 Å². The molecule has 45 heavy (non-hydrogen) atoms. The van der Waals surface area contributed by atoms with Crippen molar-refractivity contribution in [3.05, 3.63) is 107 Å². The second-order valence-corrected chi connectivity index (χ2v) is 12.0. The van der Waals surface area contributed by atoms with E-state index in [9.17, 15) is 24.8 Å². The number of fused-ring (bicyclic) bond motifs is 1. The molecule has 0 saturated heterocycles. The Hall–Kier alpha value is -5.36. The van der Waals surface area contributed by atoms with Crippen molar-refractivity contribution in [3.63, 3.8) is 0 Å². The average Bonchev–Trinajstić information content (AvgIpc) is 2.97. The molecule has 3 N–H and O–H groups in total. The molecule has 4 rings (SSSR count). The number of alkyl carbamates (subject to hydrolysis) is 1. The van der Waals surface area contributed by atoms with Crippen LogP contribution in [0.3, 0.4) is 0 Å². The molecular formula is C36H38N4O5. The van der Waals surface area contributed by atoms with Crippen LogP contribution < -0.4 is 10.6 Å². The second kappa shape index (κ2) is 14.0. The van der Waals surface area contributed by atoms with Crippen LogP contribution in [0.25, 0.3) is 10.8 Å². The lowest BCUT2D eigenvalue weighted by Gasteiger charge is -2.33. The Labute approximate surface area is 263 Å². The standard InChI is InChI=1S/C36H38N4O5/c1-23-10-17-30(24(2)20-23)32(33(42)38-28-14-13-26-8-6-7-9-27(26)22-28)40(19-18-37)34(43)31(39-35(44)45-36(3,4)5)21-25-11-15-29(41)16-12-25/h6-17,20,22,31-32,41H,19,21H2,1-5H3,(H,38,42)(H,39,44). The first kappa shape index (κ1) is 32.6. The van der Waals surface area contributed by atoms with Crippen LogP contribution in [0.1, 0.15) is 49.1 Å². The molecule has 0 fully saturated rings. The summed E-state index contributed by atoms with van der Waals surface area (Å²) >= 11 is 0. The number of hydrogen-bond donors (Lipinski definition) is 3. The molecule has 0 saturated carbocycles. The molecule has 0 radical (unpaired) electrons. The molecule has 2 atom stereocenters. The van der Waals surface area contributed by atoms with Crippen LogP contribution in [0.5, 0.6) is 5.75 Å². The van der Waals surface area contributed by atoms with Gasteiger partial charge in [0.2, 0.25) is 5.91 Å². The first-order chi connectivity index (χ1) is 21.3. The molecule has 0 heterocycles. The number of phenols is 1. The number of hydrogen-bond acceptors (Lipinski definition) is 6. The van der Waals surface area contributed by atoms with Crippen LogP contribution in [-0.2, 0) is 20.7 Å². The Balaban J connectivity index is 1.76. The molecule has 0 aromatic heterocycles. The molecule has 0 bridgehead atoms. The summed E-state index contributed by atoms with van der Waals surface area (Å²) in [4.78, 5) is 42.7. The summed E-state index contributed by atoms with van der Waals surface area (Å²) in [7, 11) is 0. The predicted octanol–water partition coefficient (Wildman–Crippen LogP) is 6.33. The minimum Gasteiger partial charge on any atom is -0.508 e. The quantitative estimate of drug-likeness (QED) is 0.191. The molecule has 0 aliphatic carbocycles. The lowest BCUT2D eigenvalue weighted by atomic mass is 9.95. The van der Waals surface area contributed by atoms with Gasteiger partial charge >= 0.3 is 6.09 Å². The van der Waals surface area contributed by atoms with Crippen LogP contribution in [0.2, 0.25) is 0 Å². The molecule has 232 valence electrons. The van der Waals surface area contributed by atoms with Gasteiger partial charge in [0.05, 0.1) is 6.07 Å². The molecule has 0 aliphatic rings. The third-order valence-electron chi connectivity index (χ3n) is 7.19. The van der Waals surface area contributed by atoms with Crippen LogP contribution >= 0.6 is 0 Å². The SMILES string of the molecule is Cc1ccc(C(C(=O)Nc2ccc3ccccc3c2)N(CC#N)C(=O)C(Cc2ccc(O)cc2)NC(=O)OC(C)(C)C)c(C)c1. The highest BCUT2D eigenvalue weighted by Gasteiger charge is 2.37. The van der Waals surface area contributed by atoms with Gasteiger partial charge in [-0.05, 0) is 86.3 Å². The maximum absolute atomic E-state index is 14.4. The summed E-state index contributed by atoms with van der Waals surface area (Å²) in [5, 5.41) is 27.2. The van der Waals surface area contributed by atoms with E-state index in [1.807, 2.05) is 68.4 Å². The molecule has 0 spiro atoms. The molecule has 4 aromatic rings. The fourth-order valence-electron chi connectivity index (χ4n) is 5.15. The molecule has 0 aliphatic heterocycles. The highest BCUT2D eigenvalue weighted by Crippen LogP contribution is 2.29. The van der Waals surface area contributed by atoms with Gasteiger partial charge in [-0.1, -0.05) is 66.2 Å². The third-order valence-corrected chi connectivity index (χ3v) is 7.19. The van der Waals surface area contributed by atoms with Crippen molar-refractivity contribution in [2.75, 3.05) is 11.9 Å². The van der Waals surface area contributed by atoms with E-state index in [2.05, 4.69) is 10.6 Å². The van der Waals surface area contributed by atoms with Crippen LogP contribution in [-0.4, -0.2) is 46.1 Å². The number of rotatable bonds is 9. The Kier molecular flexibility index (Phi) is 10.1. The maximum atomic E-state index is 14.4. The number of nitrogens with one attached hydrogen (secondary N) is 2. The van der Waals surface area contributed by atoms with Crippen molar-refractivity contribution < 1.29 is 24.2 Å². The summed E-state index contributed by atoms with van der Waals surface area (Å²) < 4.78 is 5.45. The predicted molar refractivity (Wildman–Crippen MR) is 174 cm³/mol. The number of phenolic OH excluding ortho intramolecular Hbond substituents is 1. The number of benzene rings is 4. The minimum atomic E-state index is -1.20. The molecule has 3 amide bonds. The Morgan fingerprint density at radius 1 is 0.933 bits per heavy atom. The average molecular weight is 607 g/mol. The Morgan fingerprint density at radius 3 is 2.27 bits per heavy atom. The minimum absolute atomic E-state index is 0.0200. The van der Waals surface area contributed by atoms with Crippen molar-refractivity contribution in [1.29, 1.82) is 5.26 Å². The van der Waals surface area contributed by atoms with Gasteiger partial charge < -0.3 is 25.4 Å². The van der Waals surface area contributed by atoms with Crippen LogP contribution in [0, 0.1) is 25.2 Å². The van der Waals surface area contributed by atoms with Crippen molar-refractivity contribution in [3.8, 4) is 11.8 Å². The fraction of sp³-hybridized carbons (Fsp3) is 0.278. The van der Waals surface area contributed by atoms with Crippen LogP contribution in [0.15, 0.2) is 84.9 Å². The van der Waals surface area contributed by atoms with Gasteiger partial charge in [-0.15, -0.1) is 0 Å². The normalized spacial score (nSPS) is 12.4. The lowest BCUT2D eigenvalue weighted by Crippen LogP contribution is -2.53. The molecular weight excluding hydrogens is 568 g/mol. The van der Waals surface area contributed by atoms with Gasteiger partial charge in [0.1, 0.15) is 30.0 Å². The van der Waals surface area contributed by atoms with E-state index in [0.29, 0.717) is 16.8 Å². The van der Waals surface area contributed by atoms with Gasteiger partial charge in [0.15, 0.2) is 0 Å². The van der Waals surface area contributed by atoms with Gasteiger partial charge in [-0.3, -0.25) is 9.59 Å². The zero-order valence-corrected chi connectivity index (χ0v) is 26.1. The first-order valence-electron chi connectivity index (χ1n) is 14.7. The monoisotopic (exact) mass is 606 g/mol. The number of ether oxygens (including phenoxy) is 1. The summed E-state index contributed by atoms with van der Waals surface area (Å²) in [6.45, 7) is 8.47. The number of nitriles is 1. The summed E-state index contributed by atoms with van der Waals surface area (Å²) in [5.74, 6) is -1.11. The van der Waals surface area contributed by atoms with Gasteiger partial charge in [0.25, 0.3) is 5.91 Å². The summed E-state index contributed by atoms with van der Waals surface area (Å²) in [5.41, 5.74) is 2.62. The van der Waals surface area contributed by atoms with E-state index >= 15 is 0 Å². The van der Waals surface area contributed by atoms with E-state index in [4.69, 9.17) is 4.74 Å². The zero-order chi connectivity index (χ0) is 32.7. The number of anilines is 1. The topological polar surface area (TPSA) is 132 Å². The van der Waals surface area contributed by atoms with E-state index in [1.165, 1.54) is 17.0 Å². The highest BCUT2D eigenvalue weighted by atomic mass is 16.6. The molecule has 9 nitrogen and oxygen atoms in total. The Bertz CT molecular complexity index is 1740. The van der Waals surface area contributed by atoms with E-state index < -0.39 is 42.1 Å². The number of aromatic hydroxyl groups is 1. The third kappa shape index (κ3) is 8.61. The smallest absolute Gasteiger partial charge is 0.408 e. The van der Waals surface area contributed by atoms with Crippen molar-refractivity contribution in [1.82, 2.24) is 10.2 Å². The zero-order valence-electron chi connectivity index (χ0n) is 26.1. The fourth-order valence-corrected chi connectivity index (χ4v) is 5.15. The van der Waals surface area contributed by atoms with Gasteiger partial charge in [0, 0.05) is 12.1 Å². The number of amides is 3. The number of carbonyl (C=O) groups excluding carboxylic acids is 3. The number of carbonyl (C=O) groups is 3. The second-order valence-electron chi connectivity index (χ2n) is 12.0. The van der Waals surface area contributed by atoms with E-state index in [-0.39, 0.29) is 12.2 Å². The largest absolute Gasteiger partial charge is 0.508 e. The summed E-state index contributed by atoms with van der Waals surface area (Å²) in [6, 6.07) is 24.7. The first-order valence-corrected chi connectivity index (χ1v) is 14.7. The number of aryl methyl sites for hydroxylation is 2. The highest BCUT2D eigenvalue weighted by molar-refractivity contribution is 6.00. The maximum Gasteiger partial charge on any atom is 0.408 e. The van der Waals surface area contributed by atoms with E-state index in [1.54, 1.807) is 45.0 Å². The van der Waals surface area contributed by atoms with Gasteiger partial charge in [-0.25, -0.2) is 4.79 Å². The number of nitrogens with zero attached hydrogens (tertiary/aromatic N) is 2. The molecule has 2 unspecified atom stereocenters. The van der Waals surface area contributed by atoms with E-state index in [0.717, 1.165) is 21.9 Å². The Morgan fingerprint density at radius 2 is 1.62 bits per heavy atom. The summed E-state index contributed by atoms with van der Waals surface area (Å²) in [6.07, 6.45) is -0.799. The van der Waals surface area contributed by atoms with Gasteiger partial charge in [-0.2, -0.15) is 5.26 Å². The molecule has 4 aromatic carbocycles.